The third kappa shape index (κ3) is 6.80. The van der Waals surface area contributed by atoms with Gasteiger partial charge in [0.05, 0.1) is 0 Å². The Balaban J connectivity index is 1.28. The number of aryl methyl sites for hydroxylation is 1. The van der Waals surface area contributed by atoms with Crippen molar-refractivity contribution >= 4 is 17.5 Å². The zero-order chi connectivity index (χ0) is 20.5. The maximum Gasteiger partial charge on any atom is 0.276 e. The molecule has 0 aliphatic carbocycles. The summed E-state index contributed by atoms with van der Waals surface area (Å²) in [5.41, 5.74) is 7.19. The molecular weight excluding hydrogens is 368 g/mol. The fourth-order valence-corrected chi connectivity index (χ4v) is 3.15. The van der Waals surface area contributed by atoms with Gasteiger partial charge in [0.2, 0.25) is 5.91 Å². The third-order valence-corrected chi connectivity index (χ3v) is 4.88. The first-order valence-electron chi connectivity index (χ1n) is 9.89. The second kappa shape index (κ2) is 10.5. The Kier molecular flexibility index (Phi) is 7.47. The van der Waals surface area contributed by atoms with Crippen LogP contribution in [0.4, 0.5) is 5.69 Å². The van der Waals surface area contributed by atoms with Crippen molar-refractivity contribution in [3.63, 3.8) is 0 Å². The van der Waals surface area contributed by atoms with E-state index < -0.39 is 5.91 Å². The Hall–Kier alpha value is -3.06. The van der Waals surface area contributed by atoms with Crippen LogP contribution in [0.15, 0.2) is 54.6 Å². The van der Waals surface area contributed by atoms with Crippen LogP contribution < -0.4 is 20.5 Å². The Morgan fingerprint density at radius 1 is 0.897 bits per heavy atom. The first-order chi connectivity index (χ1) is 14.1. The van der Waals surface area contributed by atoms with E-state index in [1.807, 2.05) is 37.3 Å². The van der Waals surface area contributed by atoms with Gasteiger partial charge in [-0.25, -0.2) is 0 Å². The van der Waals surface area contributed by atoms with E-state index in [1.165, 1.54) is 5.69 Å². The van der Waals surface area contributed by atoms with Gasteiger partial charge in [0, 0.05) is 44.8 Å². The van der Waals surface area contributed by atoms with Gasteiger partial charge in [0.1, 0.15) is 5.75 Å². The molecule has 3 rings (SSSR count). The summed E-state index contributed by atoms with van der Waals surface area (Å²) < 4.78 is 5.38. The van der Waals surface area contributed by atoms with Gasteiger partial charge in [-0.1, -0.05) is 35.9 Å². The minimum atomic E-state index is -0.393. The molecule has 0 aromatic heterocycles. The Morgan fingerprint density at radius 3 is 2.24 bits per heavy atom. The van der Waals surface area contributed by atoms with Crippen molar-refractivity contribution < 1.29 is 14.3 Å². The minimum absolute atomic E-state index is 0.148. The average Bonchev–Trinajstić information content (AvgIpc) is 2.77. The van der Waals surface area contributed by atoms with Crippen LogP contribution in [0.25, 0.3) is 0 Å². The Morgan fingerprint density at radius 2 is 1.55 bits per heavy atom. The molecule has 1 heterocycles. The predicted octanol–water partition coefficient (Wildman–Crippen LogP) is 1.73. The molecule has 0 bridgehead atoms. The molecule has 0 unspecified atom stereocenters. The van der Waals surface area contributed by atoms with E-state index in [1.54, 1.807) is 12.1 Å². The highest BCUT2D eigenvalue weighted by Crippen LogP contribution is 2.15. The van der Waals surface area contributed by atoms with Crippen LogP contribution in [0.3, 0.4) is 0 Å². The second-order valence-electron chi connectivity index (χ2n) is 7.11. The van der Waals surface area contributed by atoms with E-state index in [0.717, 1.165) is 31.7 Å². The lowest BCUT2D eigenvalue weighted by Crippen LogP contribution is -2.48. The van der Waals surface area contributed by atoms with Crippen molar-refractivity contribution in [3.05, 3.63) is 60.2 Å². The normalized spacial score (nSPS) is 14.3. The number of para-hydroxylation sites is 1. The van der Waals surface area contributed by atoms with Gasteiger partial charge in [0.15, 0.2) is 6.61 Å². The molecule has 2 N–H and O–H groups in total. The van der Waals surface area contributed by atoms with Crippen molar-refractivity contribution in [3.8, 4) is 5.75 Å². The molecule has 1 saturated heterocycles. The topological polar surface area (TPSA) is 73.9 Å². The van der Waals surface area contributed by atoms with Gasteiger partial charge in [-0.15, -0.1) is 0 Å². The predicted molar refractivity (Wildman–Crippen MR) is 113 cm³/mol. The number of carbonyl (C=O) groups excluding carboxylic acids is 2. The molecule has 1 aliphatic rings. The molecule has 0 radical (unpaired) electrons. The zero-order valence-electron chi connectivity index (χ0n) is 16.8. The standard InChI is InChI=1S/C22H28N4O3/c1-18-7-9-20(10-8-18)29-17-22(28)24-23-21(27)11-12-25-13-15-26(16-14-25)19-5-3-2-4-6-19/h2-10H,11-17H2,1H3,(H,23,27)(H,24,28). The molecule has 0 saturated carbocycles. The zero-order valence-corrected chi connectivity index (χ0v) is 16.8. The van der Waals surface area contributed by atoms with Crippen LogP contribution in [0.2, 0.25) is 0 Å². The van der Waals surface area contributed by atoms with Gasteiger partial charge in [0.25, 0.3) is 5.91 Å². The number of amides is 2. The van der Waals surface area contributed by atoms with Crippen LogP contribution in [0.5, 0.6) is 5.75 Å². The molecule has 7 heteroatoms. The average molecular weight is 396 g/mol. The van der Waals surface area contributed by atoms with E-state index in [2.05, 4.69) is 32.8 Å². The summed E-state index contributed by atoms with van der Waals surface area (Å²) in [7, 11) is 0. The molecule has 7 nitrogen and oxygen atoms in total. The third-order valence-electron chi connectivity index (χ3n) is 4.88. The molecule has 1 aliphatic heterocycles. The molecule has 0 spiro atoms. The number of rotatable bonds is 7. The smallest absolute Gasteiger partial charge is 0.276 e. The minimum Gasteiger partial charge on any atom is -0.484 e. The van der Waals surface area contributed by atoms with Crippen LogP contribution in [0, 0.1) is 6.92 Å². The number of ether oxygens (including phenoxy) is 1. The monoisotopic (exact) mass is 396 g/mol. The van der Waals surface area contributed by atoms with Gasteiger partial charge in [-0.2, -0.15) is 0 Å². The van der Waals surface area contributed by atoms with E-state index >= 15 is 0 Å². The molecule has 2 aromatic rings. The SMILES string of the molecule is Cc1ccc(OCC(=O)NNC(=O)CCN2CCN(c3ccccc3)CC2)cc1. The number of piperazine rings is 1. The molecule has 29 heavy (non-hydrogen) atoms. The molecule has 0 atom stereocenters. The maximum absolute atomic E-state index is 12.0. The highest BCUT2D eigenvalue weighted by molar-refractivity contribution is 5.82. The van der Waals surface area contributed by atoms with Crippen LogP contribution in [-0.4, -0.2) is 56.0 Å². The Bertz CT molecular complexity index is 787. The fraction of sp³-hybridized carbons (Fsp3) is 0.364. The summed E-state index contributed by atoms with van der Waals surface area (Å²) in [6.45, 7) is 6.22. The number of hydrazine groups is 1. The van der Waals surface area contributed by atoms with Crippen LogP contribution >= 0.6 is 0 Å². The first-order valence-corrected chi connectivity index (χ1v) is 9.89. The van der Waals surface area contributed by atoms with Crippen molar-refractivity contribution in [1.29, 1.82) is 0 Å². The lowest BCUT2D eigenvalue weighted by molar-refractivity contribution is -0.130. The molecular formula is C22H28N4O3. The second-order valence-corrected chi connectivity index (χ2v) is 7.11. The van der Waals surface area contributed by atoms with E-state index in [4.69, 9.17) is 4.74 Å². The number of hydrogen-bond donors (Lipinski definition) is 2. The number of carbonyl (C=O) groups is 2. The summed E-state index contributed by atoms with van der Waals surface area (Å²) in [5, 5.41) is 0. The lowest BCUT2D eigenvalue weighted by atomic mass is 10.2. The highest BCUT2D eigenvalue weighted by atomic mass is 16.5. The summed E-state index contributed by atoms with van der Waals surface area (Å²) in [4.78, 5) is 28.4. The number of hydrogen-bond acceptors (Lipinski definition) is 5. The number of nitrogens with one attached hydrogen (secondary N) is 2. The summed E-state index contributed by atoms with van der Waals surface area (Å²) in [6, 6.07) is 17.8. The summed E-state index contributed by atoms with van der Waals surface area (Å²) in [5.74, 6) is 0.0151. The number of anilines is 1. The molecule has 2 aromatic carbocycles. The van der Waals surface area contributed by atoms with Gasteiger partial charge in [-0.05, 0) is 31.2 Å². The first kappa shape index (κ1) is 20.7. The van der Waals surface area contributed by atoms with Crippen molar-refractivity contribution in [2.75, 3.05) is 44.2 Å². The van der Waals surface area contributed by atoms with E-state index in [-0.39, 0.29) is 12.5 Å². The maximum atomic E-state index is 12.0. The Labute approximate surface area is 171 Å². The lowest BCUT2D eigenvalue weighted by Gasteiger charge is -2.36. The van der Waals surface area contributed by atoms with Gasteiger partial charge >= 0.3 is 0 Å². The van der Waals surface area contributed by atoms with Crippen LogP contribution in [0.1, 0.15) is 12.0 Å². The summed E-state index contributed by atoms with van der Waals surface area (Å²) in [6.07, 6.45) is 0.338. The molecule has 2 amide bonds. The van der Waals surface area contributed by atoms with Gasteiger partial charge in [-0.3, -0.25) is 25.3 Å². The fourth-order valence-electron chi connectivity index (χ4n) is 3.15. The molecule has 154 valence electrons. The van der Waals surface area contributed by atoms with Gasteiger partial charge < -0.3 is 9.64 Å². The van der Waals surface area contributed by atoms with Crippen molar-refractivity contribution in [1.82, 2.24) is 15.8 Å². The van der Waals surface area contributed by atoms with E-state index in [0.29, 0.717) is 18.7 Å². The summed E-state index contributed by atoms with van der Waals surface area (Å²) >= 11 is 0. The molecule has 1 fully saturated rings. The number of nitrogens with zero attached hydrogens (tertiary/aromatic N) is 2. The van der Waals surface area contributed by atoms with Crippen molar-refractivity contribution in [2.24, 2.45) is 0 Å². The quantitative estimate of drug-likeness (QED) is 0.698. The van der Waals surface area contributed by atoms with E-state index in [9.17, 15) is 9.59 Å². The van der Waals surface area contributed by atoms with Crippen molar-refractivity contribution in [2.45, 2.75) is 13.3 Å². The highest BCUT2D eigenvalue weighted by Gasteiger charge is 2.17. The van der Waals surface area contributed by atoms with Crippen LogP contribution in [-0.2, 0) is 9.59 Å². The number of benzene rings is 2. The largest absolute Gasteiger partial charge is 0.484 e.